The number of nitrogens with one attached hydrogen (secondary N) is 2. The first kappa shape index (κ1) is 11.8. The summed E-state index contributed by atoms with van der Waals surface area (Å²) >= 11 is 0. The molecule has 2 atom stereocenters. The maximum Gasteiger partial charge on any atom is 0.249 e. The van der Waals surface area contributed by atoms with Gasteiger partial charge in [0.1, 0.15) is 6.04 Å². The molecular weight excluding hydrogens is 220 g/mol. The van der Waals surface area contributed by atoms with Crippen molar-refractivity contribution in [1.29, 1.82) is 0 Å². The van der Waals surface area contributed by atoms with E-state index in [-0.39, 0.29) is 23.6 Å². The fourth-order valence-corrected chi connectivity index (χ4v) is 2.15. The van der Waals surface area contributed by atoms with Crippen LogP contribution in [-0.4, -0.2) is 23.8 Å². The number of hydrogen-bond acceptors (Lipinski definition) is 3. The minimum Gasteiger partial charge on any atom is -0.344 e. The van der Waals surface area contributed by atoms with Crippen LogP contribution < -0.4 is 10.6 Å². The Labute approximate surface area is 99.6 Å². The van der Waals surface area contributed by atoms with Crippen LogP contribution in [0.15, 0.2) is 12.2 Å². The van der Waals surface area contributed by atoms with E-state index in [1.54, 1.807) is 0 Å². The first-order valence-corrected chi connectivity index (χ1v) is 5.96. The molecule has 0 saturated carbocycles. The highest BCUT2D eigenvalue weighted by molar-refractivity contribution is 6.01. The lowest BCUT2D eigenvalue weighted by Gasteiger charge is -2.24. The zero-order valence-electron chi connectivity index (χ0n) is 9.57. The van der Waals surface area contributed by atoms with Gasteiger partial charge < -0.3 is 5.32 Å². The lowest BCUT2D eigenvalue weighted by atomic mass is 9.93. The lowest BCUT2D eigenvalue weighted by molar-refractivity contribution is -0.138. The summed E-state index contributed by atoms with van der Waals surface area (Å²) in [6, 6.07) is -0.550. The standard InChI is InChI=1S/C12H16N2O3/c15-10-7-6-9(12(17)14-10)13-11(16)8-4-2-1-3-5-8/h1-2,8-9H,3-7H2,(H,13,16)(H,14,15,17)/t8-,9-/m1/s1. The molecule has 2 rings (SSSR count). The number of hydrogen-bond donors (Lipinski definition) is 2. The second-order valence-electron chi connectivity index (χ2n) is 4.49. The van der Waals surface area contributed by atoms with Crippen molar-refractivity contribution < 1.29 is 14.4 Å². The maximum atomic E-state index is 11.9. The van der Waals surface area contributed by atoms with Crippen molar-refractivity contribution in [3.63, 3.8) is 0 Å². The van der Waals surface area contributed by atoms with Crippen LogP contribution in [0.1, 0.15) is 32.1 Å². The largest absolute Gasteiger partial charge is 0.344 e. The Balaban J connectivity index is 1.87. The lowest BCUT2D eigenvalue weighted by Crippen LogP contribution is -2.53. The van der Waals surface area contributed by atoms with Crippen molar-refractivity contribution in [2.45, 2.75) is 38.1 Å². The van der Waals surface area contributed by atoms with Gasteiger partial charge in [-0.1, -0.05) is 12.2 Å². The van der Waals surface area contributed by atoms with Crippen LogP contribution >= 0.6 is 0 Å². The van der Waals surface area contributed by atoms with Crippen LogP contribution in [0.5, 0.6) is 0 Å². The Morgan fingerprint density at radius 3 is 2.76 bits per heavy atom. The minimum absolute atomic E-state index is 0.0366. The number of amides is 3. The highest BCUT2D eigenvalue weighted by Gasteiger charge is 2.29. The number of imide groups is 1. The number of allylic oxidation sites excluding steroid dienone is 2. The van der Waals surface area contributed by atoms with Gasteiger partial charge in [-0.05, 0) is 25.7 Å². The second-order valence-corrected chi connectivity index (χ2v) is 4.49. The molecule has 5 nitrogen and oxygen atoms in total. The highest BCUT2D eigenvalue weighted by atomic mass is 16.2. The van der Waals surface area contributed by atoms with Gasteiger partial charge in [0, 0.05) is 12.3 Å². The number of rotatable bonds is 2. The van der Waals surface area contributed by atoms with E-state index in [9.17, 15) is 14.4 Å². The first-order valence-electron chi connectivity index (χ1n) is 5.96. The second kappa shape index (κ2) is 5.12. The molecule has 0 aromatic rings. The summed E-state index contributed by atoms with van der Waals surface area (Å²) in [5.41, 5.74) is 0. The summed E-state index contributed by atoms with van der Waals surface area (Å²) in [6.45, 7) is 0. The first-order chi connectivity index (χ1) is 8.16. The summed E-state index contributed by atoms with van der Waals surface area (Å²) in [6.07, 6.45) is 7.23. The number of piperidine rings is 1. The third kappa shape index (κ3) is 2.93. The van der Waals surface area contributed by atoms with Gasteiger partial charge in [-0.2, -0.15) is 0 Å². The van der Waals surface area contributed by atoms with E-state index in [1.165, 1.54) is 0 Å². The van der Waals surface area contributed by atoms with Gasteiger partial charge in [0.15, 0.2) is 0 Å². The zero-order chi connectivity index (χ0) is 12.3. The molecule has 0 aromatic carbocycles. The average Bonchev–Trinajstić information content (AvgIpc) is 2.34. The Bertz CT molecular complexity index is 376. The van der Waals surface area contributed by atoms with E-state index in [0.29, 0.717) is 12.8 Å². The van der Waals surface area contributed by atoms with Gasteiger partial charge in [-0.3, -0.25) is 19.7 Å². The van der Waals surface area contributed by atoms with E-state index < -0.39 is 6.04 Å². The van der Waals surface area contributed by atoms with E-state index >= 15 is 0 Å². The van der Waals surface area contributed by atoms with Crippen LogP contribution in [0.25, 0.3) is 0 Å². The van der Waals surface area contributed by atoms with E-state index in [1.807, 2.05) is 6.08 Å². The molecule has 0 radical (unpaired) electrons. The summed E-state index contributed by atoms with van der Waals surface area (Å²) in [7, 11) is 0. The molecule has 17 heavy (non-hydrogen) atoms. The highest BCUT2D eigenvalue weighted by Crippen LogP contribution is 2.18. The van der Waals surface area contributed by atoms with Crippen molar-refractivity contribution in [1.82, 2.24) is 10.6 Å². The van der Waals surface area contributed by atoms with Crippen molar-refractivity contribution in [3.8, 4) is 0 Å². The third-order valence-corrected chi connectivity index (χ3v) is 3.20. The van der Waals surface area contributed by atoms with Crippen molar-refractivity contribution in [2.75, 3.05) is 0 Å². The number of carbonyl (C=O) groups is 3. The molecule has 2 aliphatic rings. The summed E-state index contributed by atoms with van der Waals surface area (Å²) in [4.78, 5) is 34.3. The quantitative estimate of drug-likeness (QED) is 0.533. The van der Waals surface area contributed by atoms with Crippen LogP contribution in [0.4, 0.5) is 0 Å². The van der Waals surface area contributed by atoms with Gasteiger partial charge >= 0.3 is 0 Å². The third-order valence-electron chi connectivity index (χ3n) is 3.20. The Hall–Kier alpha value is -1.65. The molecule has 1 saturated heterocycles. The summed E-state index contributed by atoms with van der Waals surface area (Å²) < 4.78 is 0. The SMILES string of the molecule is O=C1CC[C@@H](NC(=O)[C@@H]2CC=CCC2)C(=O)N1. The van der Waals surface area contributed by atoms with Gasteiger partial charge in [0.2, 0.25) is 17.7 Å². The molecular formula is C12H16N2O3. The van der Waals surface area contributed by atoms with Crippen LogP contribution in [0.3, 0.4) is 0 Å². The van der Waals surface area contributed by atoms with E-state index in [0.717, 1.165) is 19.3 Å². The monoisotopic (exact) mass is 236 g/mol. The Kier molecular flexibility index (Phi) is 3.56. The van der Waals surface area contributed by atoms with Gasteiger partial charge in [0.25, 0.3) is 0 Å². The zero-order valence-corrected chi connectivity index (χ0v) is 9.57. The van der Waals surface area contributed by atoms with Gasteiger partial charge in [0.05, 0.1) is 0 Å². The molecule has 1 heterocycles. The fourth-order valence-electron chi connectivity index (χ4n) is 2.15. The molecule has 1 aliphatic heterocycles. The van der Waals surface area contributed by atoms with Crippen molar-refractivity contribution in [2.24, 2.45) is 5.92 Å². The predicted molar refractivity (Wildman–Crippen MR) is 60.8 cm³/mol. The normalized spacial score (nSPS) is 28.7. The van der Waals surface area contributed by atoms with Crippen LogP contribution in [-0.2, 0) is 14.4 Å². The maximum absolute atomic E-state index is 11.9. The topological polar surface area (TPSA) is 75.3 Å². The van der Waals surface area contributed by atoms with Crippen LogP contribution in [0.2, 0.25) is 0 Å². The van der Waals surface area contributed by atoms with Crippen LogP contribution in [0, 0.1) is 5.92 Å². The molecule has 0 spiro atoms. The summed E-state index contributed by atoms with van der Waals surface area (Å²) in [5.74, 6) is -0.767. The molecule has 3 amide bonds. The molecule has 2 N–H and O–H groups in total. The summed E-state index contributed by atoms with van der Waals surface area (Å²) in [5, 5.41) is 4.95. The fraction of sp³-hybridized carbons (Fsp3) is 0.583. The molecule has 1 fully saturated rings. The van der Waals surface area contributed by atoms with Crippen molar-refractivity contribution in [3.05, 3.63) is 12.2 Å². The molecule has 92 valence electrons. The predicted octanol–water partition coefficient (Wildman–Crippen LogP) is 0.264. The molecule has 5 heteroatoms. The van der Waals surface area contributed by atoms with Gasteiger partial charge in [-0.25, -0.2) is 0 Å². The van der Waals surface area contributed by atoms with E-state index in [4.69, 9.17) is 0 Å². The molecule has 0 unspecified atom stereocenters. The number of carbonyl (C=O) groups excluding carboxylic acids is 3. The van der Waals surface area contributed by atoms with Crippen molar-refractivity contribution >= 4 is 17.7 Å². The minimum atomic E-state index is -0.550. The van der Waals surface area contributed by atoms with Gasteiger partial charge in [-0.15, -0.1) is 0 Å². The molecule has 0 aromatic heterocycles. The molecule has 1 aliphatic carbocycles. The smallest absolute Gasteiger partial charge is 0.249 e. The van der Waals surface area contributed by atoms with E-state index in [2.05, 4.69) is 16.7 Å². The molecule has 0 bridgehead atoms. The Morgan fingerprint density at radius 1 is 1.29 bits per heavy atom. The average molecular weight is 236 g/mol. The Morgan fingerprint density at radius 2 is 2.12 bits per heavy atom.